The molecule has 0 radical (unpaired) electrons. The van der Waals surface area contributed by atoms with E-state index in [1.54, 1.807) is 45.3 Å². The fourth-order valence-electron chi connectivity index (χ4n) is 16.9. The first-order valence-electron chi connectivity index (χ1n) is 33.8. The molecule has 6 aliphatic carbocycles. The maximum atomic E-state index is 15.0. The second kappa shape index (κ2) is 26.2. The molecule has 10 unspecified atom stereocenters. The maximum Gasteiger partial charge on any atom is 0.333 e. The molecule has 14 rings (SSSR count). The number of halogens is 1. The fraction of sp³-hybridized carbons (Fsp3) is 0.525. The van der Waals surface area contributed by atoms with Crippen LogP contribution in [0.15, 0.2) is 105 Å². The van der Waals surface area contributed by atoms with Crippen LogP contribution in [-0.2, 0) is 51.0 Å². The van der Waals surface area contributed by atoms with Gasteiger partial charge >= 0.3 is 11.9 Å². The summed E-state index contributed by atoms with van der Waals surface area (Å²) in [5.41, 5.74) is 0.0608. The number of phenols is 1. The topological polar surface area (TPSA) is 206 Å². The minimum atomic E-state index is -1.57. The number of rotatable bonds is 17. The van der Waals surface area contributed by atoms with Crippen molar-refractivity contribution >= 4 is 69.8 Å². The van der Waals surface area contributed by atoms with Crippen LogP contribution in [0, 0.1) is 23.7 Å². The van der Waals surface area contributed by atoms with Gasteiger partial charge in [-0.25, -0.2) is 9.59 Å². The molecule has 6 aliphatic heterocycles. The highest BCUT2D eigenvalue weighted by Crippen LogP contribution is 2.71. The molecular weight excluding hydrogens is 1340 g/mol. The number of hydrogen-bond acceptors (Lipinski definition) is 16. The van der Waals surface area contributed by atoms with Gasteiger partial charge in [0.05, 0.1) is 43.7 Å². The van der Waals surface area contributed by atoms with Gasteiger partial charge < -0.3 is 47.7 Å². The molecule has 97 heavy (non-hydrogen) atoms. The number of Topliss-reactive ketones (excluding diaryl/α,β-unsaturated/α-hetero) is 4. The highest BCUT2D eigenvalue weighted by molar-refractivity contribution is 14.1. The Labute approximate surface area is 585 Å². The molecule has 2 saturated heterocycles. The second-order valence-electron chi connectivity index (χ2n) is 30.1. The lowest BCUT2D eigenvalue weighted by Crippen LogP contribution is -2.72. The molecule has 2 spiro atoms. The van der Waals surface area contributed by atoms with Crippen LogP contribution < -0.4 is 23.7 Å². The number of hydrogen-bond donors (Lipinski definition) is 1. The lowest BCUT2D eigenvalue weighted by atomic mass is 9.51. The highest BCUT2D eigenvalue weighted by Gasteiger charge is 2.83. The van der Waals surface area contributed by atoms with E-state index in [0.717, 1.165) is 36.0 Å². The Bertz CT molecular complexity index is 4030. The summed E-state index contributed by atoms with van der Waals surface area (Å²) in [6.45, 7) is 31.5. The normalized spacial score (nSPS) is 29.9. The van der Waals surface area contributed by atoms with Crippen LogP contribution in [-0.4, -0.2) is 111 Å². The van der Waals surface area contributed by atoms with Crippen molar-refractivity contribution in [2.24, 2.45) is 23.7 Å². The van der Waals surface area contributed by atoms with E-state index in [0.29, 0.717) is 99.6 Å². The Balaban J connectivity index is 0.000000205. The van der Waals surface area contributed by atoms with Crippen LogP contribution in [0.4, 0.5) is 0 Å². The van der Waals surface area contributed by atoms with Gasteiger partial charge in [0.1, 0.15) is 56.8 Å². The van der Waals surface area contributed by atoms with Gasteiger partial charge in [0.15, 0.2) is 45.5 Å². The van der Waals surface area contributed by atoms with E-state index in [1.807, 2.05) is 97.6 Å². The highest BCUT2D eigenvalue weighted by atomic mass is 127. The van der Waals surface area contributed by atoms with Crippen LogP contribution >= 0.6 is 22.6 Å². The summed E-state index contributed by atoms with van der Waals surface area (Å²) in [6, 6.07) is 0. The third kappa shape index (κ3) is 11.6. The maximum absolute atomic E-state index is 15.0. The SMILES string of the molecule is CI.COC(=O)/C(C)=C\CC12OC(C)(C)C3CC(C=C4C(=O)c5c(O)c6c(c(CC=C(C)C)c5OC431)OC(C)(CCC=C(C)C)C=C6)C2=O.COC(=O)/C(C)=C\CC12OC(C)(C)C3CC(C=C4C(=O)c5c(OC)c6c(c(CC=C(C)C)c5OC431)OC(C)(CCC=C(C)C)C=C6)C2=O. The Morgan fingerprint density at radius 3 is 1.31 bits per heavy atom. The number of benzene rings is 2. The van der Waals surface area contributed by atoms with Crippen molar-refractivity contribution in [2.75, 3.05) is 26.3 Å². The number of esters is 2. The minimum absolute atomic E-state index is 0.0189. The monoisotopic (exact) mass is 1440 g/mol. The molecule has 0 aromatic heterocycles. The summed E-state index contributed by atoms with van der Waals surface area (Å²) in [4.78, 5) is 85.5. The molecule has 10 atom stereocenters. The van der Waals surface area contributed by atoms with E-state index in [1.165, 1.54) is 25.4 Å². The lowest BCUT2D eigenvalue weighted by molar-refractivity contribution is -0.172. The number of aromatic hydroxyl groups is 1. The van der Waals surface area contributed by atoms with E-state index in [9.17, 15) is 29.1 Å². The first-order chi connectivity index (χ1) is 45.6. The summed E-state index contributed by atoms with van der Waals surface area (Å²) < 4.78 is 57.7. The largest absolute Gasteiger partial charge is 0.506 e. The number of carbonyl (C=O) groups is 6. The van der Waals surface area contributed by atoms with Crippen molar-refractivity contribution in [3.63, 3.8) is 0 Å². The Hall–Kier alpha value is -7.09. The van der Waals surface area contributed by atoms with Gasteiger partial charge in [0.25, 0.3) is 0 Å². The molecule has 2 aromatic rings. The van der Waals surface area contributed by atoms with Crippen molar-refractivity contribution in [3.05, 3.63) is 139 Å². The van der Waals surface area contributed by atoms with Crippen LogP contribution in [0.5, 0.6) is 34.5 Å². The first-order valence-corrected chi connectivity index (χ1v) is 36.0. The average molecular weight is 1440 g/mol. The number of methoxy groups -OCH3 is 3. The molecule has 8 bridgehead atoms. The van der Waals surface area contributed by atoms with Gasteiger partial charge in [0, 0.05) is 69.9 Å². The smallest absolute Gasteiger partial charge is 0.333 e. The zero-order chi connectivity index (χ0) is 71.2. The summed E-state index contributed by atoms with van der Waals surface area (Å²) in [6.07, 6.45) is 28.2. The number of ketones is 4. The van der Waals surface area contributed by atoms with E-state index >= 15 is 4.79 Å². The lowest BCUT2D eigenvalue weighted by Gasteiger charge is -2.56. The van der Waals surface area contributed by atoms with Crippen molar-refractivity contribution < 1.29 is 76.5 Å². The number of allylic oxidation sites excluding steroid dienone is 10. The molecule has 17 heteroatoms. The van der Waals surface area contributed by atoms with Crippen molar-refractivity contribution in [1.29, 1.82) is 0 Å². The molecular formula is C80H97IO16. The van der Waals surface area contributed by atoms with E-state index in [2.05, 4.69) is 75.4 Å². The van der Waals surface area contributed by atoms with Crippen LogP contribution in [0.1, 0.15) is 205 Å². The summed E-state index contributed by atoms with van der Waals surface area (Å²) >= 11 is 2.15. The Morgan fingerprint density at radius 2 is 0.918 bits per heavy atom. The first kappa shape index (κ1) is 72.6. The quantitative estimate of drug-likeness (QED) is 0.0514. The molecule has 2 aromatic carbocycles. The third-order valence-corrected chi connectivity index (χ3v) is 21.5. The number of ether oxygens (including phenoxy) is 9. The molecule has 520 valence electrons. The zero-order valence-corrected chi connectivity index (χ0v) is 62.4. The predicted molar refractivity (Wildman–Crippen MR) is 382 cm³/mol. The summed E-state index contributed by atoms with van der Waals surface area (Å²) in [5, 5.41) is 11.8. The fourth-order valence-corrected chi connectivity index (χ4v) is 16.9. The molecule has 4 fully saturated rings. The molecule has 1 N–H and O–H groups in total. The van der Waals surface area contributed by atoms with Crippen LogP contribution in [0.25, 0.3) is 12.2 Å². The van der Waals surface area contributed by atoms with Gasteiger partial charge in [-0.2, -0.15) is 0 Å². The molecule has 0 amide bonds. The van der Waals surface area contributed by atoms with E-state index in [-0.39, 0.29) is 64.9 Å². The molecule has 16 nitrogen and oxygen atoms in total. The van der Waals surface area contributed by atoms with Gasteiger partial charge in [-0.3, -0.25) is 19.2 Å². The van der Waals surface area contributed by atoms with Crippen LogP contribution in [0.3, 0.4) is 0 Å². The third-order valence-electron chi connectivity index (χ3n) is 21.5. The summed E-state index contributed by atoms with van der Waals surface area (Å²) in [5.74, 6) is -1.83. The average Bonchev–Trinajstić information content (AvgIpc) is 1.51. The Morgan fingerprint density at radius 1 is 0.536 bits per heavy atom. The van der Waals surface area contributed by atoms with Crippen molar-refractivity contribution in [3.8, 4) is 34.5 Å². The van der Waals surface area contributed by atoms with E-state index < -0.39 is 68.6 Å². The summed E-state index contributed by atoms with van der Waals surface area (Å²) in [7, 11) is 4.19. The van der Waals surface area contributed by atoms with Gasteiger partial charge in [-0.15, -0.1) is 0 Å². The van der Waals surface area contributed by atoms with Gasteiger partial charge in [-0.1, -0.05) is 93.5 Å². The standard InChI is InChI=1S/C40H48O8.C39H46O8.CH3I/c1-22(2)12-11-17-38(8)18-16-27-32(46-38)26(14-13-23(3)4)34-30(33(27)44-9)31(41)28-20-25-21-29-37(6,7)48-39(35(25)42,40(28,29)47-34)19-15-24(5)36(43)45-10;1-21(2)11-10-16-37(8)17-15-25-30(40)29-31(41)27-19-24-20-28-36(6,7)47-38(34(24)42,18-14-23(5)35(43)44-9)39(27,28)46-33(29)26(32(25)45-37)13-12-22(3)4;1-2/h12-13,15-16,18,20,25,29H,11,14,17,19,21H2,1-10H3;11-12,14-15,17,19,24,28,40H,10,13,16,18,20H2,1-9H3;1H3/b24-15-;23-14-;. The predicted octanol–water partition coefficient (Wildman–Crippen LogP) is 16.0. The number of fused-ring (bicyclic) bond motifs is 4. The second-order valence-corrected chi connectivity index (χ2v) is 30.1. The molecule has 12 aliphatic rings. The van der Waals surface area contributed by atoms with Gasteiger partial charge in [0.2, 0.25) is 0 Å². The van der Waals surface area contributed by atoms with Crippen molar-refractivity contribution in [1.82, 2.24) is 0 Å². The molecule has 6 heterocycles. The van der Waals surface area contributed by atoms with Crippen molar-refractivity contribution in [2.45, 2.75) is 220 Å². The Kier molecular flexibility index (Phi) is 19.6. The van der Waals surface area contributed by atoms with Gasteiger partial charge in [-0.05, 0) is 191 Å². The number of carbonyl (C=O) groups excluding carboxylic acids is 6. The molecule has 2 saturated carbocycles. The van der Waals surface area contributed by atoms with E-state index in [4.69, 9.17) is 42.6 Å². The zero-order valence-electron chi connectivity index (χ0n) is 60.3. The number of phenolic OH excluding ortho intramolecular Hbond substituents is 1. The number of alkyl halides is 1. The minimum Gasteiger partial charge on any atom is -0.506 e. The van der Waals surface area contributed by atoms with Crippen LogP contribution in [0.2, 0.25) is 0 Å².